The molecule has 0 aliphatic carbocycles. The number of nitriles is 1. The highest BCUT2D eigenvalue weighted by atomic mass is 35.5. The number of hydrogen-bond acceptors (Lipinski definition) is 6. The number of rotatable bonds is 10. The highest BCUT2D eigenvalue weighted by Gasteiger charge is 2.16. The van der Waals surface area contributed by atoms with Crippen molar-refractivity contribution in [3.8, 4) is 17.6 Å². The maximum atomic E-state index is 12.8. The van der Waals surface area contributed by atoms with E-state index in [0.717, 1.165) is 5.56 Å². The number of nitro groups is 1. The molecule has 0 saturated heterocycles. The molecule has 0 aliphatic rings. The Kier molecular flexibility index (Phi) is 9.27. The van der Waals surface area contributed by atoms with E-state index in [1.807, 2.05) is 6.07 Å². The predicted molar refractivity (Wildman–Crippen MR) is 143 cm³/mol. The minimum absolute atomic E-state index is 0.0141. The van der Waals surface area contributed by atoms with Gasteiger partial charge in [-0.3, -0.25) is 14.9 Å². The third-order valence-corrected chi connectivity index (χ3v) is 5.96. The van der Waals surface area contributed by atoms with Crippen LogP contribution in [-0.4, -0.2) is 17.9 Å². The summed E-state index contributed by atoms with van der Waals surface area (Å²) in [6.45, 7) is 3.92. The summed E-state index contributed by atoms with van der Waals surface area (Å²) in [6.07, 6.45) is 3.52. The zero-order chi connectivity index (χ0) is 26.9. The molecular formula is C27H21Cl2N3O5. The third kappa shape index (κ3) is 6.88. The van der Waals surface area contributed by atoms with Crippen LogP contribution in [0.15, 0.2) is 72.8 Å². The second-order valence-corrected chi connectivity index (χ2v) is 8.43. The van der Waals surface area contributed by atoms with Gasteiger partial charge >= 0.3 is 0 Å². The van der Waals surface area contributed by atoms with Gasteiger partial charge in [0.15, 0.2) is 11.5 Å². The van der Waals surface area contributed by atoms with Crippen molar-refractivity contribution in [3.05, 3.63) is 110 Å². The van der Waals surface area contributed by atoms with Crippen molar-refractivity contribution in [1.29, 1.82) is 5.26 Å². The number of carbonyl (C=O) groups is 1. The molecular weight excluding hydrogens is 517 g/mol. The summed E-state index contributed by atoms with van der Waals surface area (Å²) < 4.78 is 11.5. The van der Waals surface area contributed by atoms with Crippen LogP contribution in [0.1, 0.15) is 16.7 Å². The van der Waals surface area contributed by atoms with E-state index in [1.165, 1.54) is 25.3 Å². The van der Waals surface area contributed by atoms with Crippen molar-refractivity contribution < 1.29 is 19.2 Å². The normalized spacial score (nSPS) is 10.8. The number of nitrogens with one attached hydrogen (secondary N) is 1. The fourth-order valence-electron chi connectivity index (χ4n) is 3.36. The molecule has 1 N–H and O–H groups in total. The maximum Gasteiger partial charge on any atom is 0.269 e. The molecule has 188 valence electrons. The summed E-state index contributed by atoms with van der Waals surface area (Å²) in [7, 11) is 1.47. The number of anilines is 1. The molecule has 0 saturated carbocycles. The van der Waals surface area contributed by atoms with Gasteiger partial charge < -0.3 is 14.8 Å². The van der Waals surface area contributed by atoms with Gasteiger partial charge in [-0.25, -0.2) is 0 Å². The number of methoxy groups -OCH3 is 1. The number of benzene rings is 3. The number of allylic oxidation sites excluding steroid dienone is 1. The van der Waals surface area contributed by atoms with Gasteiger partial charge in [-0.05, 0) is 60.0 Å². The highest BCUT2D eigenvalue weighted by Crippen LogP contribution is 2.35. The van der Waals surface area contributed by atoms with E-state index in [1.54, 1.807) is 48.5 Å². The van der Waals surface area contributed by atoms with Crippen molar-refractivity contribution in [2.24, 2.45) is 0 Å². The fourth-order valence-corrected chi connectivity index (χ4v) is 3.71. The second-order valence-electron chi connectivity index (χ2n) is 7.64. The van der Waals surface area contributed by atoms with Crippen LogP contribution in [0.5, 0.6) is 11.5 Å². The lowest BCUT2D eigenvalue weighted by Gasteiger charge is -2.16. The number of hydrogen-bond donors (Lipinski definition) is 1. The monoisotopic (exact) mass is 537 g/mol. The van der Waals surface area contributed by atoms with Crippen molar-refractivity contribution in [3.63, 3.8) is 0 Å². The van der Waals surface area contributed by atoms with E-state index in [0.29, 0.717) is 29.0 Å². The molecule has 3 aromatic rings. The molecule has 8 nitrogen and oxygen atoms in total. The Morgan fingerprint density at radius 1 is 1.22 bits per heavy atom. The maximum absolute atomic E-state index is 12.8. The van der Waals surface area contributed by atoms with Crippen LogP contribution in [0, 0.1) is 21.4 Å². The Balaban J connectivity index is 1.89. The first-order valence-corrected chi connectivity index (χ1v) is 11.6. The zero-order valence-corrected chi connectivity index (χ0v) is 21.2. The number of carbonyl (C=O) groups excluding carboxylic acids is 1. The molecule has 37 heavy (non-hydrogen) atoms. The van der Waals surface area contributed by atoms with E-state index in [-0.39, 0.29) is 33.6 Å². The van der Waals surface area contributed by atoms with Crippen molar-refractivity contribution >= 4 is 46.6 Å². The fraction of sp³-hybridized carbons (Fsp3) is 0.111. The number of nitro benzene ring substituents is 1. The Morgan fingerprint density at radius 2 is 1.95 bits per heavy atom. The van der Waals surface area contributed by atoms with Gasteiger partial charge in [0, 0.05) is 17.7 Å². The SMILES string of the molecule is C=CCc1cc(/C=C(/C#N)C(=O)Nc2cccc(Cl)c2Cl)cc(OC)c1OCc1ccc([N+](=O)[O-])cc1. The number of halogens is 2. The standard InChI is InChI=1S/C27H21Cl2N3O5/c1-3-5-19-12-18(13-20(15-30)27(33)31-23-7-4-6-22(28)25(23)29)14-24(36-2)26(19)37-16-17-8-10-21(11-9-17)32(34)35/h3-4,6-14H,1,5,16H2,2H3,(H,31,33)/b20-13-. The lowest BCUT2D eigenvalue weighted by atomic mass is 10.0. The van der Waals surface area contributed by atoms with E-state index in [2.05, 4.69) is 11.9 Å². The molecule has 3 rings (SSSR count). The van der Waals surface area contributed by atoms with Gasteiger partial charge in [-0.1, -0.05) is 35.3 Å². The second kappa shape index (κ2) is 12.6. The molecule has 0 aliphatic heterocycles. The number of amides is 1. The Morgan fingerprint density at radius 3 is 2.57 bits per heavy atom. The number of nitrogens with zero attached hydrogens (tertiary/aromatic N) is 2. The summed E-state index contributed by atoms with van der Waals surface area (Å²) in [5.74, 6) is 0.170. The van der Waals surface area contributed by atoms with E-state index in [4.69, 9.17) is 32.7 Å². The largest absolute Gasteiger partial charge is 0.493 e. The van der Waals surface area contributed by atoms with Crippen molar-refractivity contribution in [2.45, 2.75) is 13.0 Å². The van der Waals surface area contributed by atoms with Crippen LogP contribution in [0.25, 0.3) is 6.08 Å². The Labute approximate surface area is 223 Å². The van der Waals surface area contributed by atoms with Crippen molar-refractivity contribution in [2.75, 3.05) is 12.4 Å². The Hall–Kier alpha value is -4.32. The predicted octanol–water partition coefficient (Wildman–Crippen LogP) is 6.76. The van der Waals surface area contributed by atoms with Gasteiger partial charge in [0.1, 0.15) is 18.2 Å². The molecule has 0 unspecified atom stereocenters. The summed E-state index contributed by atoms with van der Waals surface area (Å²) >= 11 is 12.1. The van der Waals surface area contributed by atoms with Gasteiger partial charge in [0.25, 0.3) is 11.6 Å². The van der Waals surface area contributed by atoms with Gasteiger partial charge in [-0.2, -0.15) is 5.26 Å². The molecule has 10 heteroatoms. The number of ether oxygens (including phenoxy) is 2. The summed E-state index contributed by atoms with van der Waals surface area (Å²) in [6, 6.07) is 16.1. The molecule has 3 aromatic carbocycles. The molecule has 0 radical (unpaired) electrons. The molecule has 0 fully saturated rings. The number of non-ortho nitro benzene ring substituents is 1. The van der Waals surface area contributed by atoms with Crippen LogP contribution in [0.3, 0.4) is 0 Å². The first-order valence-electron chi connectivity index (χ1n) is 10.8. The zero-order valence-electron chi connectivity index (χ0n) is 19.7. The molecule has 0 atom stereocenters. The topological polar surface area (TPSA) is 114 Å². The average Bonchev–Trinajstić information content (AvgIpc) is 2.89. The first-order chi connectivity index (χ1) is 17.8. The minimum atomic E-state index is -0.658. The highest BCUT2D eigenvalue weighted by molar-refractivity contribution is 6.44. The molecule has 0 spiro atoms. The lowest BCUT2D eigenvalue weighted by molar-refractivity contribution is -0.384. The third-order valence-electron chi connectivity index (χ3n) is 5.14. The summed E-state index contributed by atoms with van der Waals surface area (Å²) in [5, 5.41) is 23.5. The van der Waals surface area contributed by atoms with E-state index >= 15 is 0 Å². The van der Waals surface area contributed by atoms with Gasteiger partial charge in [0.2, 0.25) is 0 Å². The van der Waals surface area contributed by atoms with Gasteiger partial charge in [-0.15, -0.1) is 6.58 Å². The van der Waals surface area contributed by atoms with Crippen LogP contribution >= 0.6 is 23.2 Å². The van der Waals surface area contributed by atoms with E-state index < -0.39 is 10.8 Å². The van der Waals surface area contributed by atoms with Gasteiger partial charge in [0.05, 0.1) is 27.8 Å². The quantitative estimate of drug-likeness (QED) is 0.100. The van der Waals surface area contributed by atoms with E-state index in [9.17, 15) is 20.2 Å². The molecule has 1 amide bonds. The summed E-state index contributed by atoms with van der Waals surface area (Å²) in [4.78, 5) is 23.2. The summed E-state index contributed by atoms with van der Waals surface area (Å²) in [5.41, 5.74) is 2.06. The smallest absolute Gasteiger partial charge is 0.269 e. The van der Waals surface area contributed by atoms with Crippen LogP contribution < -0.4 is 14.8 Å². The Bertz CT molecular complexity index is 1410. The minimum Gasteiger partial charge on any atom is -0.493 e. The molecule has 0 aromatic heterocycles. The molecule has 0 heterocycles. The van der Waals surface area contributed by atoms with Crippen LogP contribution in [0.4, 0.5) is 11.4 Å². The van der Waals surface area contributed by atoms with Crippen LogP contribution in [0.2, 0.25) is 10.0 Å². The molecule has 0 bridgehead atoms. The van der Waals surface area contributed by atoms with Crippen molar-refractivity contribution in [1.82, 2.24) is 0 Å². The lowest BCUT2D eigenvalue weighted by Crippen LogP contribution is -2.13. The first kappa shape index (κ1) is 27.3. The van der Waals surface area contributed by atoms with Crippen LogP contribution in [-0.2, 0) is 17.8 Å². The average molecular weight is 538 g/mol.